The molecule has 0 aliphatic carbocycles. The summed E-state index contributed by atoms with van der Waals surface area (Å²) in [6.45, 7) is 13.3. The fraction of sp³-hybridized carbons (Fsp3) is 0.462. The average molecular weight is 177 g/mol. The van der Waals surface area contributed by atoms with Crippen molar-refractivity contribution in [2.24, 2.45) is 0 Å². The third-order valence-corrected chi connectivity index (χ3v) is 3.38. The molecule has 0 saturated heterocycles. The van der Waals surface area contributed by atoms with E-state index < -0.39 is 0 Å². The van der Waals surface area contributed by atoms with Crippen LogP contribution in [0.25, 0.3) is 0 Å². The molecule has 0 atom stereocenters. The Morgan fingerprint density at radius 3 is 0.538 bits per heavy atom. The summed E-state index contributed by atoms with van der Waals surface area (Å²) >= 11 is 0. The molecular formula is C13H21-. The van der Waals surface area contributed by atoms with Gasteiger partial charge in [0.25, 0.3) is 0 Å². The lowest BCUT2D eigenvalue weighted by Gasteiger charge is -2.15. The summed E-state index contributed by atoms with van der Waals surface area (Å²) in [6, 6.07) is 0. The molecule has 0 fully saturated rings. The van der Waals surface area contributed by atoms with Crippen molar-refractivity contribution >= 4 is 0 Å². The van der Waals surface area contributed by atoms with Crippen LogP contribution in [-0.4, -0.2) is 0 Å². The lowest BCUT2D eigenvalue weighted by Crippen LogP contribution is -1.98. The first-order valence-corrected chi connectivity index (χ1v) is 4.50. The van der Waals surface area contributed by atoms with E-state index in [-0.39, 0.29) is 7.43 Å². The Balaban J connectivity index is 0.00000144. The van der Waals surface area contributed by atoms with Gasteiger partial charge in [-0.1, -0.05) is 0 Å². The van der Waals surface area contributed by atoms with Gasteiger partial charge in [-0.3, -0.25) is 0 Å². The van der Waals surface area contributed by atoms with Crippen molar-refractivity contribution in [1.29, 1.82) is 0 Å². The fourth-order valence-electron chi connectivity index (χ4n) is 1.69. The zero-order valence-electron chi connectivity index (χ0n) is 10.0. The van der Waals surface area contributed by atoms with Gasteiger partial charge in [0.1, 0.15) is 0 Å². The van der Waals surface area contributed by atoms with E-state index in [0.29, 0.717) is 0 Å². The molecule has 0 amide bonds. The van der Waals surface area contributed by atoms with E-state index in [9.17, 15) is 0 Å². The highest BCUT2D eigenvalue weighted by atomic mass is 14.1. The summed E-state index contributed by atoms with van der Waals surface area (Å²) in [5, 5.41) is 0. The summed E-state index contributed by atoms with van der Waals surface area (Å²) in [6.07, 6.45) is 0. The maximum absolute atomic E-state index is 2.21. The highest BCUT2D eigenvalue weighted by molar-refractivity contribution is 5.48. The normalized spacial score (nSPS) is 9.69. The van der Waals surface area contributed by atoms with Gasteiger partial charge in [-0.2, -0.15) is 0 Å². The summed E-state index contributed by atoms with van der Waals surface area (Å²) in [4.78, 5) is 0. The molecule has 1 aromatic rings. The topological polar surface area (TPSA) is 0 Å². The zero-order chi connectivity index (χ0) is 9.46. The Hall–Kier alpha value is -0.780. The van der Waals surface area contributed by atoms with Gasteiger partial charge in [0.05, 0.1) is 0 Å². The van der Waals surface area contributed by atoms with Crippen LogP contribution in [0.2, 0.25) is 0 Å². The predicted octanol–water partition coefficient (Wildman–Crippen LogP) is 3.99. The smallest absolute Gasteiger partial charge is 0.0392 e. The van der Waals surface area contributed by atoms with Crippen molar-refractivity contribution in [2.75, 3.05) is 0 Å². The standard InChI is InChI=1S/C12H18.CH3/c1-7-8(2)10(4)12(6)11(5)9(7)3;/h1-6H3;1H3/q;-1. The van der Waals surface area contributed by atoms with Gasteiger partial charge in [-0.25, -0.2) is 0 Å². The Kier molecular flexibility index (Phi) is 3.71. The van der Waals surface area contributed by atoms with E-state index in [2.05, 4.69) is 41.5 Å². The third kappa shape index (κ3) is 1.77. The maximum Gasteiger partial charge on any atom is -0.0392 e. The molecule has 0 saturated carbocycles. The first kappa shape index (κ1) is 12.2. The molecule has 0 N–H and O–H groups in total. The van der Waals surface area contributed by atoms with Crippen LogP contribution in [0.1, 0.15) is 33.4 Å². The lowest BCUT2D eigenvalue weighted by atomic mass is 9.90. The summed E-state index contributed by atoms with van der Waals surface area (Å²) in [5.74, 6) is 0. The molecule has 0 unspecified atom stereocenters. The van der Waals surface area contributed by atoms with Crippen molar-refractivity contribution in [3.63, 3.8) is 0 Å². The monoisotopic (exact) mass is 177 g/mol. The second-order valence-corrected chi connectivity index (χ2v) is 3.75. The van der Waals surface area contributed by atoms with Crippen LogP contribution in [0.15, 0.2) is 0 Å². The minimum absolute atomic E-state index is 0. The van der Waals surface area contributed by atoms with Crippen LogP contribution in [0.3, 0.4) is 0 Å². The molecule has 0 aromatic heterocycles. The number of hydrogen-bond acceptors (Lipinski definition) is 0. The zero-order valence-corrected chi connectivity index (χ0v) is 10.0. The SMILES string of the molecule is Cc1c(C)c(C)c(C)c(C)c1C.[CH3-]. The fourth-order valence-corrected chi connectivity index (χ4v) is 1.69. The molecule has 0 heterocycles. The summed E-state index contributed by atoms with van der Waals surface area (Å²) in [5.41, 5.74) is 8.73. The molecule has 74 valence electrons. The third-order valence-electron chi connectivity index (χ3n) is 3.38. The molecule has 0 aliphatic heterocycles. The molecule has 0 radical (unpaired) electrons. The first-order valence-electron chi connectivity index (χ1n) is 4.50. The quantitative estimate of drug-likeness (QED) is 0.526. The highest BCUT2D eigenvalue weighted by Gasteiger charge is 2.07. The van der Waals surface area contributed by atoms with Crippen molar-refractivity contribution in [1.82, 2.24) is 0 Å². The molecule has 0 nitrogen and oxygen atoms in total. The predicted molar refractivity (Wildman–Crippen MR) is 61.3 cm³/mol. The Morgan fingerprint density at radius 1 is 0.385 bits per heavy atom. The molecule has 0 bridgehead atoms. The summed E-state index contributed by atoms with van der Waals surface area (Å²) < 4.78 is 0. The van der Waals surface area contributed by atoms with E-state index in [1.807, 2.05) is 0 Å². The van der Waals surface area contributed by atoms with Crippen molar-refractivity contribution in [3.05, 3.63) is 40.8 Å². The van der Waals surface area contributed by atoms with Crippen LogP contribution in [0.5, 0.6) is 0 Å². The molecule has 1 aromatic carbocycles. The molecule has 1 rings (SSSR count). The maximum atomic E-state index is 2.21. The van der Waals surface area contributed by atoms with Gasteiger partial charge in [-0.05, 0) is 74.9 Å². The van der Waals surface area contributed by atoms with Gasteiger partial charge in [0.15, 0.2) is 0 Å². The van der Waals surface area contributed by atoms with Crippen LogP contribution in [-0.2, 0) is 0 Å². The molecule has 13 heavy (non-hydrogen) atoms. The molecule has 0 heteroatoms. The largest absolute Gasteiger partial charge is 0.358 e. The Bertz CT molecular complexity index is 214. The molecular weight excluding hydrogens is 156 g/mol. The molecule has 0 spiro atoms. The van der Waals surface area contributed by atoms with E-state index in [4.69, 9.17) is 0 Å². The molecule has 0 aliphatic rings. The average Bonchev–Trinajstić information content (AvgIpc) is 2.08. The Morgan fingerprint density at radius 2 is 0.462 bits per heavy atom. The van der Waals surface area contributed by atoms with Crippen LogP contribution in [0, 0.1) is 49.0 Å². The highest BCUT2D eigenvalue weighted by Crippen LogP contribution is 2.24. The van der Waals surface area contributed by atoms with Crippen LogP contribution in [0.4, 0.5) is 0 Å². The van der Waals surface area contributed by atoms with Gasteiger partial charge >= 0.3 is 0 Å². The second-order valence-electron chi connectivity index (χ2n) is 3.75. The minimum atomic E-state index is 0. The van der Waals surface area contributed by atoms with Crippen LogP contribution < -0.4 is 0 Å². The Labute approximate surface area is 83.0 Å². The number of rotatable bonds is 0. The van der Waals surface area contributed by atoms with E-state index >= 15 is 0 Å². The van der Waals surface area contributed by atoms with Crippen LogP contribution >= 0.6 is 0 Å². The van der Waals surface area contributed by atoms with Gasteiger partial charge < -0.3 is 7.43 Å². The minimum Gasteiger partial charge on any atom is -0.358 e. The number of benzene rings is 1. The van der Waals surface area contributed by atoms with Crippen molar-refractivity contribution in [3.8, 4) is 0 Å². The van der Waals surface area contributed by atoms with Crippen molar-refractivity contribution < 1.29 is 0 Å². The van der Waals surface area contributed by atoms with E-state index in [0.717, 1.165) is 0 Å². The van der Waals surface area contributed by atoms with Gasteiger partial charge in [0.2, 0.25) is 0 Å². The lowest BCUT2D eigenvalue weighted by molar-refractivity contribution is 1.13. The number of hydrogen-bond donors (Lipinski definition) is 0. The van der Waals surface area contributed by atoms with E-state index in [1.54, 1.807) is 0 Å². The summed E-state index contributed by atoms with van der Waals surface area (Å²) in [7, 11) is 0. The van der Waals surface area contributed by atoms with Gasteiger partial charge in [-0.15, -0.1) is 0 Å². The first-order chi connectivity index (χ1) is 5.46. The second kappa shape index (κ2) is 3.95. The van der Waals surface area contributed by atoms with Gasteiger partial charge in [0, 0.05) is 0 Å². The van der Waals surface area contributed by atoms with E-state index in [1.165, 1.54) is 33.4 Å². The van der Waals surface area contributed by atoms with Crippen molar-refractivity contribution in [2.45, 2.75) is 41.5 Å².